The zero-order valence-corrected chi connectivity index (χ0v) is 9.25. The number of aryl methyl sites for hydroxylation is 1. The molecule has 0 aliphatic carbocycles. The van der Waals surface area contributed by atoms with E-state index in [0.29, 0.717) is 0 Å². The number of anilines is 1. The largest absolute Gasteiger partial charge is 0.365 e. The van der Waals surface area contributed by atoms with Crippen molar-refractivity contribution in [3.63, 3.8) is 0 Å². The Morgan fingerprint density at radius 3 is 2.86 bits per heavy atom. The Kier molecular flexibility index (Phi) is 2.22. The van der Waals surface area contributed by atoms with Gasteiger partial charge in [-0.2, -0.15) is 0 Å². The minimum absolute atomic E-state index is 0.207. The van der Waals surface area contributed by atoms with Gasteiger partial charge in [-0.1, -0.05) is 0 Å². The molecule has 0 amide bonds. The number of pyridine rings is 1. The maximum Gasteiger partial charge on any atom is 0.0637 e. The van der Waals surface area contributed by atoms with Crippen LogP contribution in [0, 0.1) is 0 Å². The lowest BCUT2D eigenvalue weighted by molar-refractivity contribution is 0.480. The molecule has 0 unspecified atom stereocenters. The molecule has 0 atom stereocenters. The smallest absolute Gasteiger partial charge is 0.0637 e. The Labute approximate surface area is 86.0 Å². The molecule has 1 aliphatic rings. The van der Waals surface area contributed by atoms with Crippen LogP contribution < -0.4 is 4.90 Å². The van der Waals surface area contributed by atoms with Crippen molar-refractivity contribution in [1.29, 1.82) is 0 Å². The molecule has 0 bridgehead atoms. The Morgan fingerprint density at radius 2 is 2.14 bits per heavy atom. The van der Waals surface area contributed by atoms with E-state index in [2.05, 4.69) is 36.7 Å². The fraction of sp³-hybridized carbons (Fsp3) is 0.583. The molecule has 1 aliphatic heterocycles. The molecule has 0 saturated heterocycles. The van der Waals surface area contributed by atoms with Crippen molar-refractivity contribution in [1.82, 2.24) is 4.98 Å². The van der Waals surface area contributed by atoms with E-state index in [0.717, 1.165) is 13.0 Å². The van der Waals surface area contributed by atoms with E-state index in [9.17, 15) is 0 Å². The highest BCUT2D eigenvalue weighted by atomic mass is 15.2. The first-order chi connectivity index (χ1) is 6.59. The summed E-state index contributed by atoms with van der Waals surface area (Å²) in [6.45, 7) is 7.93. The van der Waals surface area contributed by atoms with Crippen molar-refractivity contribution in [2.45, 2.75) is 39.2 Å². The van der Waals surface area contributed by atoms with E-state index < -0.39 is 0 Å². The van der Waals surface area contributed by atoms with Gasteiger partial charge in [0.15, 0.2) is 0 Å². The molecular formula is C12H18N2. The minimum Gasteiger partial charge on any atom is -0.365 e. The highest BCUT2D eigenvalue weighted by molar-refractivity contribution is 5.54. The first-order valence-corrected chi connectivity index (χ1v) is 5.30. The molecule has 0 fully saturated rings. The molecular weight excluding hydrogens is 172 g/mol. The van der Waals surface area contributed by atoms with Gasteiger partial charge in [-0.15, -0.1) is 0 Å². The minimum atomic E-state index is 0.207. The van der Waals surface area contributed by atoms with Crippen molar-refractivity contribution < 1.29 is 0 Å². The Bertz CT molecular complexity index is 325. The Balaban J connectivity index is 2.41. The number of aromatic nitrogens is 1. The summed E-state index contributed by atoms with van der Waals surface area (Å²) >= 11 is 0. The lowest BCUT2D eigenvalue weighted by atomic mass is 9.99. The van der Waals surface area contributed by atoms with Crippen LogP contribution in [0.25, 0.3) is 0 Å². The molecule has 0 radical (unpaired) electrons. The van der Waals surface area contributed by atoms with Crippen molar-refractivity contribution in [3.05, 3.63) is 24.0 Å². The molecule has 2 heterocycles. The molecule has 0 N–H and O–H groups in total. The monoisotopic (exact) mass is 190 g/mol. The number of fused-ring (bicyclic) bond motifs is 1. The summed E-state index contributed by atoms with van der Waals surface area (Å²) in [6, 6.07) is 4.22. The van der Waals surface area contributed by atoms with E-state index in [1.54, 1.807) is 0 Å². The molecule has 76 valence electrons. The van der Waals surface area contributed by atoms with E-state index >= 15 is 0 Å². The third-order valence-electron chi connectivity index (χ3n) is 2.76. The van der Waals surface area contributed by atoms with Crippen LogP contribution in [0.15, 0.2) is 18.3 Å². The molecule has 0 saturated carbocycles. The van der Waals surface area contributed by atoms with Crippen LogP contribution in [0.4, 0.5) is 5.69 Å². The molecule has 1 aromatic heterocycles. The quantitative estimate of drug-likeness (QED) is 0.625. The fourth-order valence-corrected chi connectivity index (χ4v) is 2.09. The zero-order valence-electron chi connectivity index (χ0n) is 9.25. The normalized spacial score (nSPS) is 16.6. The second kappa shape index (κ2) is 3.26. The third kappa shape index (κ3) is 1.61. The average Bonchev–Trinajstić information content (AvgIpc) is 2.15. The van der Waals surface area contributed by atoms with Crippen molar-refractivity contribution in [3.8, 4) is 0 Å². The topological polar surface area (TPSA) is 16.1 Å². The third-order valence-corrected chi connectivity index (χ3v) is 2.76. The van der Waals surface area contributed by atoms with Gasteiger partial charge in [0, 0.05) is 18.3 Å². The second-order valence-electron chi connectivity index (χ2n) is 4.90. The van der Waals surface area contributed by atoms with Crippen molar-refractivity contribution in [2.75, 3.05) is 11.4 Å². The summed E-state index contributed by atoms with van der Waals surface area (Å²) in [5, 5.41) is 0. The maximum atomic E-state index is 4.44. The SMILES string of the molecule is CC(C)(C)N1CCCc2ncccc21. The Hall–Kier alpha value is -1.05. The molecule has 0 aromatic carbocycles. The van der Waals surface area contributed by atoms with Gasteiger partial charge in [0.05, 0.1) is 11.4 Å². The molecule has 1 aromatic rings. The molecule has 2 nitrogen and oxygen atoms in total. The summed E-state index contributed by atoms with van der Waals surface area (Å²) in [6.07, 6.45) is 4.25. The first kappa shape index (κ1) is 9.50. The van der Waals surface area contributed by atoms with E-state index in [-0.39, 0.29) is 5.54 Å². The van der Waals surface area contributed by atoms with Crippen LogP contribution in [0.5, 0.6) is 0 Å². The molecule has 2 rings (SSSR count). The highest BCUT2D eigenvalue weighted by Crippen LogP contribution is 2.30. The van der Waals surface area contributed by atoms with Gasteiger partial charge in [0.25, 0.3) is 0 Å². The highest BCUT2D eigenvalue weighted by Gasteiger charge is 2.26. The van der Waals surface area contributed by atoms with E-state index in [1.165, 1.54) is 17.8 Å². The van der Waals surface area contributed by atoms with E-state index in [1.807, 2.05) is 12.3 Å². The number of hydrogen-bond donors (Lipinski definition) is 0. The predicted molar refractivity (Wildman–Crippen MR) is 59.7 cm³/mol. The van der Waals surface area contributed by atoms with Gasteiger partial charge in [0.2, 0.25) is 0 Å². The van der Waals surface area contributed by atoms with Gasteiger partial charge < -0.3 is 4.90 Å². The van der Waals surface area contributed by atoms with Crippen LogP contribution in [0.2, 0.25) is 0 Å². The van der Waals surface area contributed by atoms with Gasteiger partial charge in [0.1, 0.15) is 0 Å². The summed E-state index contributed by atoms with van der Waals surface area (Å²) in [4.78, 5) is 6.90. The summed E-state index contributed by atoms with van der Waals surface area (Å²) in [7, 11) is 0. The Morgan fingerprint density at radius 1 is 1.36 bits per heavy atom. The van der Waals surface area contributed by atoms with Crippen LogP contribution >= 0.6 is 0 Å². The second-order valence-corrected chi connectivity index (χ2v) is 4.90. The zero-order chi connectivity index (χ0) is 10.2. The van der Waals surface area contributed by atoms with Crippen LogP contribution in [-0.2, 0) is 6.42 Å². The van der Waals surface area contributed by atoms with Crippen LogP contribution in [0.1, 0.15) is 32.9 Å². The lowest BCUT2D eigenvalue weighted by Crippen LogP contribution is -2.44. The summed E-state index contributed by atoms with van der Waals surface area (Å²) in [5.74, 6) is 0. The average molecular weight is 190 g/mol. The van der Waals surface area contributed by atoms with Gasteiger partial charge in [-0.3, -0.25) is 4.98 Å². The molecule has 0 spiro atoms. The van der Waals surface area contributed by atoms with Crippen molar-refractivity contribution in [2.24, 2.45) is 0 Å². The lowest BCUT2D eigenvalue weighted by Gasteiger charge is -2.41. The molecule has 14 heavy (non-hydrogen) atoms. The van der Waals surface area contributed by atoms with Crippen LogP contribution in [-0.4, -0.2) is 17.1 Å². The fourth-order valence-electron chi connectivity index (χ4n) is 2.09. The van der Waals surface area contributed by atoms with Gasteiger partial charge in [-0.25, -0.2) is 0 Å². The van der Waals surface area contributed by atoms with E-state index in [4.69, 9.17) is 0 Å². The van der Waals surface area contributed by atoms with Gasteiger partial charge in [-0.05, 0) is 45.7 Å². The summed E-state index contributed by atoms with van der Waals surface area (Å²) < 4.78 is 0. The van der Waals surface area contributed by atoms with Crippen molar-refractivity contribution >= 4 is 5.69 Å². The standard InChI is InChI=1S/C12H18N2/c1-12(2,3)14-9-5-6-10-11(14)7-4-8-13-10/h4,7-8H,5-6,9H2,1-3H3. The number of hydrogen-bond acceptors (Lipinski definition) is 2. The summed E-state index contributed by atoms with van der Waals surface area (Å²) in [5.41, 5.74) is 2.79. The molecule has 2 heteroatoms. The first-order valence-electron chi connectivity index (χ1n) is 5.30. The maximum absolute atomic E-state index is 4.44. The number of rotatable bonds is 0. The van der Waals surface area contributed by atoms with Gasteiger partial charge >= 0.3 is 0 Å². The number of nitrogens with zero attached hydrogens (tertiary/aromatic N) is 2. The predicted octanol–water partition coefficient (Wildman–Crippen LogP) is 2.63. The van der Waals surface area contributed by atoms with Crippen LogP contribution in [0.3, 0.4) is 0 Å².